The Hall–Kier alpha value is -2.77. The van der Waals surface area contributed by atoms with Gasteiger partial charge in [-0.2, -0.15) is 13.2 Å². The Morgan fingerprint density at radius 1 is 1.25 bits per heavy atom. The van der Waals surface area contributed by atoms with Crippen molar-refractivity contribution in [3.8, 4) is 11.5 Å². The number of benzene rings is 2. The van der Waals surface area contributed by atoms with Crippen LogP contribution in [0.5, 0.6) is 11.5 Å². The van der Waals surface area contributed by atoms with Crippen molar-refractivity contribution in [3.63, 3.8) is 0 Å². The van der Waals surface area contributed by atoms with Gasteiger partial charge >= 0.3 is 6.18 Å². The number of phenols is 1. The fourth-order valence-corrected chi connectivity index (χ4v) is 2.11. The average Bonchev–Trinajstić information content (AvgIpc) is 2.52. The SMILES string of the molecule is COc1cccc(C(=O)NCc2ccc(F)cc2C(F)(F)F)c1O. The molecule has 4 nitrogen and oxygen atoms in total. The van der Waals surface area contributed by atoms with Crippen LogP contribution in [-0.4, -0.2) is 18.1 Å². The number of phenolic OH excluding ortho intramolecular Hbond substituents is 1. The number of nitrogens with one attached hydrogen (secondary N) is 1. The number of amides is 1. The largest absolute Gasteiger partial charge is 0.504 e. The molecule has 0 saturated carbocycles. The molecule has 0 radical (unpaired) electrons. The lowest BCUT2D eigenvalue weighted by Crippen LogP contribution is -2.24. The van der Waals surface area contributed by atoms with E-state index in [0.29, 0.717) is 6.07 Å². The number of alkyl halides is 3. The molecule has 1 amide bonds. The highest BCUT2D eigenvalue weighted by Gasteiger charge is 2.33. The molecule has 0 heterocycles. The maximum atomic E-state index is 13.0. The molecule has 0 aromatic heterocycles. The fourth-order valence-electron chi connectivity index (χ4n) is 2.11. The number of methoxy groups -OCH3 is 1. The van der Waals surface area contributed by atoms with Gasteiger partial charge in [-0.05, 0) is 29.8 Å². The quantitative estimate of drug-likeness (QED) is 0.836. The first-order valence-electron chi connectivity index (χ1n) is 6.74. The van der Waals surface area contributed by atoms with Crippen molar-refractivity contribution in [1.82, 2.24) is 5.32 Å². The van der Waals surface area contributed by atoms with Gasteiger partial charge in [0, 0.05) is 6.54 Å². The molecule has 24 heavy (non-hydrogen) atoms. The van der Waals surface area contributed by atoms with Crippen molar-refractivity contribution in [2.45, 2.75) is 12.7 Å². The van der Waals surface area contributed by atoms with Gasteiger partial charge in [-0.1, -0.05) is 12.1 Å². The second-order valence-corrected chi connectivity index (χ2v) is 4.84. The summed E-state index contributed by atoms with van der Waals surface area (Å²) in [5, 5.41) is 12.1. The van der Waals surface area contributed by atoms with E-state index in [1.807, 2.05) is 0 Å². The fraction of sp³-hybridized carbons (Fsp3) is 0.188. The van der Waals surface area contributed by atoms with E-state index in [1.165, 1.54) is 25.3 Å². The van der Waals surface area contributed by atoms with Gasteiger partial charge in [-0.3, -0.25) is 4.79 Å². The van der Waals surface area contributed by atoms with Crippen LogP contribution in [0.25, 0.3) is 0 Å². The summed E-state index contributed by atoms with van der Waals surface area (Å²) in [6.45, 7) is -0.482. The van der Waals surface area contributed by atoms with Crippen molar-refractivity contribution < 1.29 is 32.2 Å². The molecule has 0 spiro atoms. The summed E-state index contributed by atoms with van der Waals surface area (Å²) < 4.78 is 56.6. The first-order chi connectivity index (χ1) is 11.2. The van der Waals surface area contributed by atoms with Gasteiger partial charge < -0.3 is 15.2 Å². The Morgan fingerprint density at radius 2 is 1.96 bits per heavy atom. The third kappa shape index (κ3) is 3.76. The van der Waals surface area contributed by atoms with Gasteiger partial charge in [-0.25, -0.2) is 4.39 Å². The highest BCUT2D eigenvalue weighted by molar-refractivity contribution is 5.97. The third-order valence-electron chi connectivity index (χ3n) is 3.28. The molecular weight excluding hydrogens is 330 g/mol. The van der Waals surface area contributed by atoms with E-state index in [9.17, 15) is 27.5 Å². The molecule has 0 fully saturated rings. The van der Waals surface area contributed by atoms with E-state index in [-0.39, 0.29) is 16.9 Å². The average molecular weight is 343 g/mol. The van der Waals surface area contributed by atoms with E-state index in [0.717, 1.165) is 12.1 Å². The van der Waals surface area contributed by atoms with E-state index in [1.54, 1.807) is 0 Å². The number of hydrogen-bond acceptors (Lipinski definition) is 3. The van der Waals surface area contributed by atoms with Crippen molar-refractivity contribution >= 4 is 5.91 Å². The van der Waals surface area contributed by atoms with Gasteiger partial charge in [0.1, 0.15) is 5.82 Å². The summed E-state index contributed by atoms with van der Waals surface area (Å²) >= 11 is 0. The molecule has 0 aliphatic carbocycles. The van der Waals surface area contributed by atoms with Crippen LogP contribution in [-0.2, 0) is 12.7 Å². The number of hydrogen-bond donors (Lipinski definition) is 2. The first kappa shape index (κ1) is 17.6. The maximum Gasteiger partial charge on any atom is 0.416 e. The standard InChI is InChI=1S/C16H13F4NO3/c1-24-13-4-2-3-11(14(13)22)15(23)21-8-9-5-6-10(17)7-12(9)16(18,19)20/h2-7,22H,8H2,1H3,(H,21,23). The van der Waals surface area contributed by atoms with Crippen molar-refractivity contribution in [1.29, 1.82) is 0 Å². The number of rotatable bonds is 4. The molecular formula is C16H13F4NO3. The van der Waals surface area contributed by atoms with E-state index >= 15 is 0 Å². The zero-order chi connectivity index (χ0) is 17.9. The van der Waals surface area contributed by atoms with Gasteiger partial charge in [0.25, 0.3) is 5.91 Å². The maximum absolute atomic E-state index is 13.0. The van der Waals surface area contributed by atoms with Gasteiger partial charge in [-0.15, -0.1) is 0 Å². The van der Waals surface area contributed by atoms with E-state index in [2.05, 4.69) is 5.32 Å². The number of carbonyl (C=O) groups excluding carboxylic acids is 1. The molecule has 2 rings (SSSR count). The second kappa shape index (κ2) is 6.77. The molecule has 2 aromatic carbocycles. The third-order valence-corrected chi connectivity index (χ3v) is 3.28. The lowest BCUT2D eigenvalue weighted by atomic mass is 10.1. The number of halogens is 4. The van der Waals surface area contributed by atoms with Gasteiger partial charge in [0.2, 0.25) is 0 Å². The normalized spacial score (nSPS) is 11.2. The zero-order valence-corrected chi connectivity index (χ0v) is 12.4. The highest BCUT2D eigenvalue weighted by atomic mass is 19.4. The molecule has 0 atom stereocenters. The van der Waals surface area contributed by atoms with Crippen molar-refractivity contribution in [2.75, 3.05) is 7.11 Å². The van der Waals surface area contributed by atoms with Crippen LogP contribution in [0.2, 0.25) is 0 Å². The Bertz CT molecular complexity index is 759. The van der Waals surface area contributed by atoms with Crippen LogP contribution < -0.4 is 10.1 Å². The lowest BCUT2D eigenvalue weighted by molar-refractivity contribution is -0.138. The van der Waals surface area contributed by atoms with Crippen LogP contribution >= 0.6 is 0 Å². The van der Waals surface area contributed by atoms with Crippen molar-refractivity contribution in [2.24, 2.45) is 0 Å². The van der Waals surface area contributed by atoms with Crippen LogP contribution in [0.4, 0.5) is 17.6 Å². The van der Waals surface area contributed by atoms with Gasteiger partial charge in [0.15, 0.2) is 11.5 Å². The molecule has 0 aliphatic heterocycles. The minimum atomic E-state index is -4.75. The summed E-state index contributed by atoms with van der Waals surface area (Å²) in [4.78, 5) is 12.1. The zero-order valence-electron chi connectivity index (χ0n) is 12.4. The second-order valence-electron chi connectivity index (χ2n) is 4.84. The number of ether oxygens (including phenoxy) is 1. The molecule has 0 unspecified atom stereocenters. The summed E-state index contributed by atoms with van der Waals surface area (Å²) in [6, 6.07) is 6.36. The predicted molar refractivity (Wildman–Crippen MR) is 77.2 cm³/mol. The smallest absolute Gasteiger partial charge is 0.416 e. The van der Waals surface area contributed by atoms with Crippen LogP contribution in [0.3, 0.4) is 0 Å². The molecule has 2 aromatic rings. The molecule has 128 valence electrons. The summed E-state index contributed by atoms with van der Waals surface area (Å²) in [7, 11) is 1.30. The Morgan fingerprint density at radius 3 is 2.58 bits per heavy atom. The molecule has 8 heteroatoms. The van der Waals surface area contributed by atoms with Crippen LogP contribution in [0.15, 0.2) is 36.4 Å². The Balaban J connectivity index is 2.22. The van der Waals surface area contributed by atoms with E-state index < -0.39 is 35.8 Å². The minimum absolute atomic E-state index is 0.0559. The lowest BCUT2D eigenvalue weighted by Gasteiger charge is -2.14. The number of para-hydroxylation sites is 1. The summed E-state index contributed by atoms with van der Waals surface area (Å²) in [5.74, 6) is -2.18. The molecule has 0 bridgehead atoms. The first-order valence-corrected chi connectivity index (χ1v) is 6.74. The Labute approximate surface area is 134 Å². The summed E-state index contributed by atoms with van der Waals surface area (Å²) in [5.41, 5.74) is -1.61. The van der Waals surface area contributed by atoms with E-state index in [4.69, 9.17) is 4.74 Å². The molecule has 0 saturated heterocycles. The Kier molecular flexibility index (Phi) is 4.96. The van der Waals surface area contributed by atoms with Crippen LogP contribution in [0.1, 0.15) is 21.5 Å². The topological polar surface area (TPSA) is 58.6 Å². The van der Waals surface area contributed by atoms with Gasteiger partial charge in [0.05, 0.1) is 18.2 Å². The summed E-state index contributed by atoms with van der Waals surface area (Å²) in [6.07, 6.45) is -4.75. The molecule has 2 N–H and O–H groups in total. The van der Waals surface area contributed by atoms with Crippen molar-refractivity contribution in [3.05, 3.63) is 58.9 Å². The predicted octanol–water partition coefficient (Wildman–Crippen LogP) is 3.49. The highest BCUT2D eigenvalue weighted by Crippen LogP contribution is 2.33. The minimum Gasteiger partial charge on any atom is -0.504 e. The molecule has 0 aliphatic rings. The van der Waals surface area contributed by atoms with Crippen LogP contribution in [0, 0.1) is 5.82 Å². The number of carbonyl (C=O) groups is 1. The number of aromatic hydroxyl groups is 1. The monoisotopic (exact) mass is 343 g/mol.